The van der Waals surface area contributed by atoms with Gasteiger partial charge >= 0.3 is 0 Å². The Morgan fingerprint density at radius 3 is 2.20 bits per heavy atom. The van der Waals surface area contributed by atoms with Crippen molar-refractivity contribution in [3.05, 3.63) is 69.9 Å². The molecule has 0 spiro atoms. The van der Waals surface area contributed by atoms with E-state index in [9.17, 15) is 9.18 Å². The van der Waals surface area contributed by atoms with E-state index in [0.29, 0.717) is 11.3 Å². The predicted octanol–water partition coefficient (Wildman–Crippen LogP) is 3.74. The standard InChI is InChI=1S/C15H12BrFN2O/c1-10(11-2-6-13(16)7-3-11)18-19-15(20)12-4-8-14(17)9-5-12/h2-9H,1H3,(H,19,20). The molecule has 0 saturated carbocycles. The van der Waals surface area contributed by atoms with Crippen molar-refractivity contribution >= 4 is 27.5 Å². The number of nitrogens with zero attached hydrogens (tertiary/aromatic N) is 1. The lowest BCUT2D eigenvalue weighted by molar-refractivity contribution is 0.0955. The van der Waals surface area contributed by atoms with E-state index in [1.54, 1.807) is 6.92 Å². The zero-order chi connectivity index (χ0) is 14.5. The van der Waals surface area contributed by atoms with Gasteiger partial charge in [-0.1, -0.05) is 28.1 Å². The SMILES string of the molecule is CC(=NNC(=O)c1ccc(F)cc1)c1ccc(Br)cc1. The van der Waals surface area contributed by atoms with Crippen molar-refractivity contribution < 1.29 is 9.18 Å². The summed E-state index contributed by atoms with van der Waals surface area (Å²) in [5, 5.41) is 4.03. The molecule has 0 heterocycles. The number of hydrazone groups is 1. The highest BCUT2D eigenvalue weighted by Gasteiger charge is 2.04. The molecule has 0 fully saturated rings. The Balaban J connectivity index is 2.06. The van der Waals surface area contributed by atoms with Crippen molar-refractivity contribution in [1.29, 1.82) is 0 Å². The molecule has 0 bridgehead atoms. The minimum Gasteiger partial charge on any atom is -0.267 e. The van der Waals surface area contributed by atoms with Gasteiger partial charge in [-0.05, 0) is 48.9 Å². The summed E-state index contributed by atoms with van der Waals surface area (Å²) in [6, 6.07) is 12.9. The van der Waals surface area contributed by atoms with Crippen molar-refractivity contribution in [2.75, 3.05) is 0 Å². The van der Waals surface area contributed by atoms with Gasteiger partial charge in [0.05, 0.1) is 5.71 Å². The Bertz CT molecular complexity index is 636. The fraction of sp³-hybridized carbons (Fsp3) is 0.0667. The zero-order valence-electron chi connectivity index (χ0n) is 10.7. The van der Waals surface area contributed by atoms with Crippen molar-refractivity contribution in [1.82, 2.24) is 5.43 Å². The van der Waals surface area contributed by atoms with Crippen LogP contribution in [0.2, 0.25) is 0 Å². The Morgan fingerprint density at radius 2 is 1.60 bits per heavy atom. The molecular formula is C15H12BrFN2O. The summed E-state index contributed by atoms with van der Waals surface area (Å²) in [7, 11) is 0. The van der Waals surface area contributed by atoms with Gasteiger partial charge in [-0.25, -0.2) is 9.82 Å². The monoisotopic (exact) mass is 334 g/mol. The van der Waals surface area contributed by atoms with Crippen molar-refractivity contribution in [3.63, 3.8) is 0 Å². The van der Waals surface area contributed by atoms with Crippen molar-refractivity contribution in [3.8, 4) is 0 Å². The van der Waals surface area contributed by atoms with Gasteiger partial charge in [0, 0.05) is 10.0 Å². The maximum Gasteiger partial charge on any atom is 0.271 e. The van der Waals surface area contributed by atoms with Crippen LogP contribution in [0.15, 0.2) is 58.1 Å². The average molecular weight is 335 g/mol. The summed E-state index contributed by atoms with van der Waals surface area (Å²) in [4.78, 5) is 11.8. The van der Waals surface area contributed by atoms with Gasteiger partial charge in [0.25, 0.3) is 5.91 Å². The largest absolute Gasteiger partial charge is 0.271 e. The summed E-state index contributed by atoms with van der Waals surface area (Å²) >= 11 is 3.35. The molecule has 2 aromatic rings. The van der Waals surface area contributed by atoms with Gasteiger partial charge in [0.1, 0.15) is 5.82 Å². The minimum absolute atomic E-state index is 0.360. The molecule has 0 radical (unpaired) electrons. The molecule has 1 N–H and O–H groups in total. The van der Waals surface area contributed by atoms with Crippen molar-refractivity contribution in [2.24, 2.45) is 5.10 Å². The quantitative estimate of drug-likeness (QED) is 0.674. The van der Waals surface area contributed by atoms with Crippen LogP contribution in [0.5, 0.6) is 0 Å². The summed E-state index contributed by atoms with van der Waals surface area (Å²) in [6.07, 6.45) is 0. The second-order valence-corrected chi connectivity index (χ2v) is 5.07. The van der Waals surface area contributed by atoms with E-state index in [1.165, 1.54) is 24.3 Å². The molecule has 2 rings (SSSR count). The third-order valence-electron chi connectivity index (χ3n) is 2.69. The number of rotatable bonds is 3. The van der Waals surface area contributed by atoms with E-state index < -0.39 is 0 Å². The number of hydrogen-bond donors (Lipinski definition) is 1. The van der Waals surface area contributed by atoms with Crippen LogP contribution in [0.4, 0.5) is 4.39 Å². The van der Waals surface area contributed by atoms with Crippen LogP contribution in [0.1, 0.15) is 22.8 Å². The highest BCUT2D eigenvalue weighted by Crippen LogP contribution is 2.11. The summed E-state index contributed by atoms with van der Waals surface area (Å²) in [5.41, 5.74) is 4.40. The normalized spacial score (nSPS) is 11.2. The lowest BCUT2D eigenvalue weighted by Crippen LogP contribution is -2.19. The van der Waals surface area contributed by atoms with E-state index in [1.807, 2.05) is 24.3 Å². The number of carbonyl (C=O) groups excluding carboxylic acids is 1. The lowest BCUT2D eigenvalue weighted by atomic mass is 10.1. The number of benzene rings is 2. The molecular weight excluding hydrogens is 323 g/mol. The molecule has 102 valence electrons. The van der Waals surface area contributed by atoms with Gasteiger partial charge in [-0.15, -0.1) is 0 Å². The van der Waals surface area contributed by atoms with Crippen LogP contribution in [0.25, 0.3) is 0 Å². The minimum atomic E-state index is -0.379. The van der Waals surface area contributed by atoms with E-state index >= 15 is 0 Å². The second-order valence-electron chi connectivity index (χ2n) is 4.15. The molecule has 0 unspecified atom stereocenters. The second kappa shape index (κ2) is 6.43. The molecule has 2 aromatic carbocycles. The Morgan fingerprint density at radius 1 is 1.05 bits per heavy atom. The van der Waals surface area contributed by atoms with Gasteiger partial charge < -0.3 is 0 Å². The van der Waals surface area contributed by atoms with Gasteiger partial charge in [0.2, 0.25) is 0 Å². The maximum atomic E-state index is 12.8. The molecule has 3 nitrogen and oxygen atoms in total. The molecule has 5 heteroatoms. The topological polar surface area (TPSA) is 41.5 Å². The summed E-state index contributed by atoms with van der Waals surface area (Å²) < 4.78 is 13.7. The predicted molar refractivity (Wildman–Crippen MR) is 80.2 cm³/mol. The van der Waals surface area contributed by atoms with Crippen LogP contribution >= 0.6 is 15.9 Å². The van der Waals surface area contributed by atoms with Gasteiger partial charge in [-0.3, -0.25) is 4.79 Å². The Labute approximate surface area is 124 Å². The summed E-state index contributed by atoms with van der Waals surface area (Å²) in [6.45, 7) is 1.80. The first-order chi connectivity index (χ1) is 9.56. The van der Waals surface area contributed by atoms with E-state index in [0.717, 1.165) is 10.0 Å². The van der Waals surface area contributed by atoms with E-state index in [4.69, 9.17) is 0 Å². The molecule has 0 aliphatic rings. The van der Waals surface area contributed by atoms with Crippen LogP contribution in [0.3, 0.4) is 0 Å². The van der Waals surface area contributed by atoms with Crippen LogP contribution in [-0.4, -0.2) is 11.6 Å². The first-order valence-electron chi connectivity index (χ1n) is 5.92. The number of carbonyl (C=O) groups is 1. The van der Waals surface area contributed by atoms with E-state index in [-0.39, 0.29) is 11.7 Å². The fourth-order valence-electron chi connectivity index (χ4n) is 1.56. The fourth-order valence-corrected chi connectivity index (χ4v) is 1.82. The molecule has 0 saturated heterocycles. The molecule has 0 aromatic heterocycles. The van der Waals surface area contributed by atoms with E-state index in [2.05, 4.69) is 26.5 Å². The Hall–Kier alpha value is -2.01. The maximum absolute atomic E-state index is 12.8. The number of hydrogen-bond acceptors (Lipinski definition) is 2. The van der Waals surface area contributed by atoms with Crippen molar-refractivity contribution in [2.45, 2.75) is 6.92 Å². The van der Waals surface area contributed by atoms with Crippen LogP contribution in [-0.2, 0) is 0 Å². The molecule has 0 atom stereocenters. The Kier molecular flexibility index (Phi) is 4.63. The first kappa shape index (κ1) is 14.4. The molecule has 20 heavy (non-hydrogen) atoms. The highest BCUT2D eigenvalue weighted by atomic mass is 79.9. The van der Waals surface area contributed by atoms with Crippen LogP contribution in [0, 0.1) is 5.82 Å². The number of nitrogens with one attached hydrogen (secondary N) is 1. The summed E-state index contributed by atoms with van der Waals surface area (Å²) in [5.74, 6) is -0.752. The first-order valence-corrected chi connectivity index (χ1v) is 6.72. The number of amides is 1. The van der Waals surface area contributed by atoms with Crippen LogP contribution < -0.4 is 5.43 Å². The lowest BCUT2D eigenvalue weighted by Gasteiger charge is -2.03. The molecule has 0 aliphatic carbocycles. The third kappa shape index (κ3) is 3.74. The zero-order valence-corrected chi connectivity index (χ0v) is 12.3. The number of halogens is 2. The van der Waals surface area contributed by atoms with Gasteiger partial charge in [0.15, 0.2) is 0 Å². The third-order valence-corrected chi connectivity index (χ3v) is 3.22. The molecule has 1 amide bonds. The highest BCUT2D eigenvalue weighted by molar-refractivity contribution is 9.10. The average Bonchev–Trinajstić information content (AvgIpc) is 2.46. The smallest absolute Gasteiger partial charge is 0.267 e. The molecule has 0 aliphatic heterocycles. The van der Waals surface area contributed by atoms with Gasteiger partial charge in [-0.2, -0.15) is 5.10 Å².